The van der Waals surface area contributed by atoms with Gasteiger partial charge in [-0.25, -0.2) is 14.6 Å². The lowest BCUT2D eigenvalue weighted by atomic mass is 10.0. The molecule has 0 spiro atoms. The number of barbiturate groups is 1. The fourth-order valence-electron chi connectivity index (χ4n) is 4.38. The van der Waals surface area contributed by atoms with Crippen LogP contribution in [0.4, 0.5) is 21.9 Å². The molecule has 0 atom stereocenters. The van der Waals surface area contributed by atoms with Gasteiger partial charge < -0.3 is 14.8 Å². The van der Waals surface area contributed by atoms with E-state index in [4.69, 9.17) is 9.47 Å². The van der Waals surface area contributed by atoms with E-state index in [0.29, 0.717) is 34.1 Å². The summed E-state index contributed by atoms with van der Waals surface area (Å²) in [6.45, 7) is 1.70. The van der Waals surface area contributed by atoms with Crippen LogP contribution in [-0.2, 0) is 14.4 Å². The number of ether oxygens (including phenoxy) is 2. The molecule has 0 saturated carbocycles. The van der Waals surface area contributed by atoms with Crippen molar-refractivity contribution in [2.75, 3.05) is 28.8 Å². The number of hydrogen-bond donors (Lipinski definition) is 1. The third-order valence-electron chi connectivity index (χ3n) is 6.47. The third kappa shape index (κ3) is 5.90. The van der Waals surface area contributed by atoms with Crippen molar-refractivity contribution in [1.82, 2.24) is 0 Å². The van der Waals surface area contributed by atoms with Crippen molar-refractivity contribution >= 4 is 46.9 Å². The van der Waals surface area contributed by atoms with Crippen LogP contribution in [0.3, 0.4) is 0 Å². The quantitative estimate of drug-likeness (QED) is 0.222. The topological polar surface area (TPSA) is 105 Å². The predicted molar refractivity (Wildman–Crippen MR) is 160 cm³/mol. The molecule has 0 aliphatic carbocycles. The standard InChI is InChI=1S/C33H27N3O6/c1-22-13-16-24(17-14-22)34-30(37)21-42-28-18-15-23(20-29(28)41-2)19-27-31(38)35(25-9-5-3-6-10-25)33(40)36(32(27)39)26-11-7-4-8-12-26/h3-20H,21H2,1-2H3,(H,34,37). The summed E-state index contributed by atoms with van der Waals surface area (Å²) in [6, 6.07) is 28.2. The molecule has 1 aliphatic heterocycles. The molecule has 0 radical (unpaired) electrons. The Bertz CT molecular complexity index is 1600. The minimum absolute atomic E-state index is 0.212. The molecule has 9 nitrogen and oxygen atoms in total. The second-order valence-electron chi connectivity index (χ2n) is 9.41. The number of hydrogen-bond acceptors (Lipinski definition) is 6. The molecule has 4 aromatic rings. The van der Waals surface area contributed by atoms with Crippen LogP contribution in [0.2, 0.25) is 0 Å². The van der Waals surface area contributed by atoms with E-state index in [9.17, 15) is 19.2 Å². The molecule has 1 fully saturated rings. The summed E-state index contributed by atoms with van der Waals surface area (Å²) < 4.78 is 11.1. The Morgan fingerprint density at radius 3 is 1.88 bits per heavy atom. The van der Waals surface area contributed by atoms with E-state index in [1.165, 1.54) is 13.2 Å². The number of nitrogens with one attached hydrogen (secondary N) is 1. The largest absolute Gasteiger partial charge is 0.493 e. The Hall–Kier alpha value is -5.70. The van der Waals surface area contributed by atoms with E-state index < -0.39 is 17.8 Å². The third-order valence-corrected chi connectivity index (χ3v) is 6.47. The van der Waals surface area contributed by atoms with Crippen LogP contribution < -0.4 is 24.6 Å². The van der Waals surface area contributed by atoms with E-state index in [0.717, 1.165) is 15.4 Å². The minimum Gasteiger partial charge on any atom is -0.493 e. The van der Waals surface area contributed by atoms with Crippen molar-refractivity contribution in [1.29, 1.82) is 0 Å². The maximum Gasteiger partial charge on any atom is 0.343 e. The first kappa shape index (κ1) is 27.9. The van der Waals surface area contributed by atoms with E-state index in [1.807, 2.05) is 19.1 Å². The van der Waals surface area contributed by atoms with Crippen LogP contribution in [0, 0.1) is 6.92 Å². The molecular weight excluding hydrogens is 534 g/mol. The Morgan fingerprint density at radius 1 is 0.762 bits per heavy atom. The normalized spacial score (nSPS) is 13.2. The number of methoxy groups -OCH3 is 1. The first-order valence-corrected chi connectivity index (χ1v) is 13.1. The van der Waals surface area contributed by atoms with E-state index in [2.05, 4.69) is 5.32 Å². The lowest BCUT2D eigenvalue weighted by Gasteiger charge is -2.33. The molecule has 1 aliphatic rings. The van der Waals surface area contributed by atoms with Gasteiger partial charge in [-0.1, -0.05) is 60.2 Å². The van der Waals surface area contributed by atoms with Crippen LogP contribution in [0.15, 0.2) is 109 Å². The molecule has 0 aromatic heterocycles. The molecular formula is C33H27N3O6. The number of benzene rings is 4. The zero-order valence-corrected chi connectivity index (χ0v) is 22.9. The van der Waals surface area contributed by atoms with E-state index >= 15 is 0 Å². The first-order chi connectivity index (χ1) is 20.4. The molecule has 9 heteroatoms. The van der Waals surface area contributed by atoms with Crippen molar-refractivity contribution in [3.63, 3.8) is 0 Å². The minimum atomic E-state index is -0.773. The SMILES string of the molecule is COc1cc(C=C2C(=O)N(c3ccccc3)C(=O)N(c3ccccc3)C2=O)ccc1OCC(=O)Nc1ccc(C)cc1. The second kappa shape index (κ2) is 12.2. The van der Waals surface area contributed by atoms with Gasteiger partial charge in [0.1, 0.15) is 5.57 Å². The first-order valence-electron chi connectivity index (χ1n) is 13.1. The highest BCUT2D eigenvalue weighted by molar-refractivity contribution is 6.46. The van der Waals surface area contributed by atoms with Gasteiger partial charge in [0.15, 0.2) is 18.1 Å². The van der Waals surface area contributed by atoms with Crippen molar-refractivity contribution < 1.29 is 28.7 Å². The number of aryl methyl sites for hydroxylation is 1. The van der Waals surface area contributed by atoms with Crippen molar-refractivity contribution in [3.05, 3.63) is 120 Å². The summed E-state index contributed by atoms with van der Waals surface area (Å²) in [7, 11) is 1.44. The number of nitrogens with zero attached hydrogens (tertiary/aromatic N) is 2. The fourth-order valence-corrected chi connectivity index (χ4v) is 4.38. The zero-order chi connectivity index (χ0) is 29.6. The molecule has 1 heterocycles. The summed E-state index contributed by atoms with van der Waals surface area (Å²) in [6.07, 6.45) is 1.40. The summed E-state index contributed by atoms with van der Waals surface area (Å²) >= 11 is 0. The number of carbonyl (C=O) groups is 4. The predicted octanol–water partition coefficient (Wildman–Crippen LogP) is 5.60. The summed E-state index contributed by atoms with van der Waals surface area (Å²) in [5.41, 5.74) is 2.63. The average Bonchev–Trinajstić information content (AvgIpc) is 3.01. The number of anilines is 3. The highest BCUT2D eigenvalue weighted by Crippen LogP contribution is 2.32. The molecule has 210 valence electrons. The Labute approximate surface area is 242 Å². The molecule has 5 rings (SSSR count). The summed E-state index contributed by atoms with van der Waals surface area (Å²) in [5.74, 6) is -1.27. The molecule has 4 aromatic carbocycles. The second-order valence-corrected chi connectivity index (χ2v) is 9.41. The fraction of sp³-hybridized carbons (Fsp3) is 0.0909. The number of para-hydroxylation sites is 2. The lowest BCUT2D eigenvalue weighted by molar-refractivity contribution is -0.121. The van der Waals surface area contributed by atoms with Crippen LogP contribution in [-0.4, -0.2) is 37.5 Å². The highest BCUT2D eigenvalue weighted by atomic mass is 16.5. The smallest absolute Gasteiger partial charge is 0.343 e. The van der Waals surface area contributed by atoms with Gasteiger partial charge in [0.05, 0.1) is 18.5 Å². The van der Waals surface area contributed by atoms with Gasteiger partial charge in [-0.05, 0) is 67.1 Å². The van der Waals surface area contributed by atoms with Crippen LogP contribution in [0.5, 0.6) is 11.5 Å². The molecule has 1 saturated heterocycles. The van der Waals surface area contributed by atoms with E-state index in [1.54, 1.807) is 91.0 Å². The summed E-state index contributed by atoms with van der Waals surface area (Å²) in [5, 5.41) is 2.76. The maximum absolute atomic E-state index is 13.6. The Kier molecular flexibility index (Phi) is 8.10. The van der Waals surface area contributed by atoms with E-state index in [-0.39, 0.29) is 18.1 Å². The van der Waals surface area contributed by atoms with Crippen LogP contribution in [0.25, 0.3) is 6.08 Å². The molecule has 0 unspecified atom stereocenters. The number of carbonyl (C=O) groups excluding carboxylic acids is 4. The number of imide groups is 2. The lowest BCUT2D eigenvalue weighted by Crippen LogP contribution is -2.57. The monoisotopic (exact) mass is 561 g/mol. The average molecular weight is 562 g/mol. The van der Waals surface area contributed by atoms with Crippen LogP contribution in [0.1, 0.15) is 11.1 Å². The number of urea groups is 1. The number of rotatable bonds is 8. The van der Waals surface area contributed by atoms with Gasteiger partial charge in [-0.15, -0.1) is 0 Å². The highest BCUT2D eigenvalue weighted by Gasteiger charge is 2.43. The van der Waals surface area contributed by atoms with Crippen molar-refractivity contribution in [3.8, 4) is 11.5 Å². The van der Waals surface area contributed by atoms with Gasteiger partial charge in [0.25, 0.3) is 17.7 Å². The summed E-state index contributed by atoms with van der Waals surface area (Å²) in [4.78, 5) is 55.0. The van der Waals surface area contributed by atoms with Gasteiger partial charge in [-0.3, -0.25) is 14.4 Å². The van der Waals surface area contributed by atoms with Gasteiger partial charge in [0, 0.05) is 5.69 Å². The Morgan fingerprint density at radius 2 is 1.33 bits per heavy atom. The zero-order valence-electron chi connectivity index (χ0n) is 22.9. The molecule has 42 heavy (non-hydrogen) atoms. The molecule has 1 N–H and O–H groups in total. The van der Waals surface area contributed by atoms with Crippen LogP contribution >= 0.6 is 0 Å². The molecule has 0 bridgehead atoms. The van der Waals surface area contributed by atoms with Gasteiger partial charge >= 0.3 is 6.03 Å². The van der Waals surface area contributed by atoms with Crippen molar-refractivity contribution in [2.24, 2.45) is 0 Å². The molecule has 5 amide bonds. The van der Waals surface area contributed by atoms with Gasteiger partial charge in [0.2, 0.25) is 0 Å². The number of amides is 5. The Balaban J connectivity index is 1.42. The van der Waals surface area contributed by atoms with Gasteiger partial charge in [-0.2, -0.15) is 0 Å². The van der Waals surface area contributed by atoms with Crippen molar-refractivity contribution in [2.45, 2.75) is 6.92 Å². The maximum atomic E-state index is 13.6.